The fourth-order valence-corrected chi connectivity index (χ4v) is 3.06. The van der Waals surface area contributed by atoms with Gasteiger partial charge in [0.25, 0.3) is 0 Å². The Morgan fingerprint density at radius 3 is 2.35 bits per heavy atom. The van der Waals surface area contributed by atoms with Gasteiger partial charge in [0.1, 0.15) is 0 Å². The van der Waals surface area contributed by atoms with E-state index in [4.69, 9.17) is 23.2 Å². The molecule has 0 bridgehead atoms. The van der Waals surface area contributed by atoms with Crippen molar-refractivity contribution in [2.45, 2.75) is 38.1 Å². The molecule has 1 fully saturated rings. The zero-order valence-electron chi connectivity index (χ0n) is 10.1. The molecule has 0 spiro atoms. The smallest absolute Gasteiger partial charge is 0.221 e. The SMILES string of the molecule is CC1(C)NC(=O)CC1(C)c1ccc(Cl)cc1Cl. The van der Waals surface area contributed by atoms with Crippen LogP contribution in [0, 0.1) is 0 Å². The van der Waals surface area contributed by atoms with Crippen molar-refractivity contribution >= 4 is 29.1 Å². The summed E-state index contributed by atoms with van der Waals surface area (Å²) in [5.41, 5.74) is 0.333. The second-order valence-corrected chi connectivity index (χ2v) is 6.15. The molecule has 0 aliphatic carbocycles. The van der Waals surface area contributed by atoms with Crippen molar-refractivity contribution in [1.29, 1.82) is 0 Å². The number of carbonyl (C=O) groups is 1. The molecule has 0 saturated carbocycles. The average Bonchev–Trinajstić information content (AvgIpc) is 2.34. The van der Waals surface area contributed by atoms with Crippen LogP contribution < -0.4 is 5.32 Å². The normalized spacial score (nSPS) is 27.0. The molecule has 1 N–H and O–H groups in total. The molecule has 1 aliphatic rings. The van der Waals surface area contributed by atoms with Crippen molar-refractivity contribution in [3.8, 4) is 0 Å². The summed E-state index contributed by atoms with van der Waals surface area (Å²) in [5.74, 6) is 0.0588. The molecule has 1 amide bonds. The molecule has 4 heteroatoms. The third kappa shape index (κ3) is 1.94. The highest BCUT2D eigenvalue weighted by atomic mass is 35.5. The summed E-state index contributed by atoms with van der Waals surface area (Å²) in [6, 6.07) is 5.45. The van der Waals surface area contributed by atoms with Gasteiger partial charge in [0.05, 0.1) is 0 Å². The zero-order valence-corrected chi connectivity index (χ0v) is 11.6. The van der Waals surface area contributed by atoms with Gasteiger partial charge in [-0.3, -0.25) is 4.79 Å². The number of benzene rings is 1. The Labute approximate surface area is 111 Å². The van der Waals surface area contributed by atoms with Crippen LogP contribution in [0.3, 0.4) is 0 Å². The lowest BCUT2D eigenvalue weighted by atomic mass is 9.69. The van der Waals surface area contributed by atoms with E-state index in [2.05, 4.69) is 12.2 Å². The molecule has 1 saturated heterocycles. The predicted octanol–water partition coefficient (Wildman–Crippen LogP) is 3.55. The van der Waals surface area contributed by atoms with Gasteiger partial charge in [-0.15, -0.1) is 0 Å². The van der Waals surface area contributed by atoms with Crippen molar-refractivity contribution in [2.75, 3.05) is 0 Å². The van der Waals surface area contributed by atoms with Crippen molar-refractivity contribution < 1.29 is 4.79 Å². The van der Waals surface area contributed by atoms with E-state index in [0.717, 1.165) is 5.56 Å². The molecule has 1 aromatic carbocycles. The Morgan fingerprint density at radius 2 is 1.88 bits per heavy atom. The molecule has 0 aromatic heterocycles. The van der Waals surface area contributed by atoms with Gasteiger partial charge in [0.15, 0.2) is 0 Å². The Hall–Kier alpha value is -0.730. The molecule has 1 aliphatic heterocycles. The largest absolute Gasteiger partial charge is 0.350 e. The van der Waals surface area contributed by atoms with E-state index >= 15 is 0 Å². The summed E-state index contributed by atoms with van der Waals surface area (Å²) in [4.78, 5) is 11.6. The number of rotatable bonds is 1. The molecule has 0 radical (unpaired) electrons. The highest BCUT2D eigenvalue weighted by Crippen LogP contribution is 2.45. The average molecular weight is 272 g/mol. The van der Waals surface area contributed by atoms with E-state index in [1.165, 1.54) is 0 Å². The summed E-state index contributed by atoms with van der Waals surface area (Å²) in [5, 5.41) is 4.22. The summed E-state index contributed by atoms with van der Waals surface area (Å²) in [6.45, 7) is 6.09. The van der Waals surface area contributed by atoms with Crippen LogP contribution in [-0.4, -0.2) is 11.4 Å². The topological polar surface area (TPSA) is 29.1 Å². The summed E-state index contributed by atoms with van der Waals surface area (Å²) >= 11 is 12.2. The van der Waals surface area contributed by atoms with Gasteiger partial charge < -0.3 is 5.32 Å². The number of nitrogens with one attached hydrogen (secondary N) is 1. The maximum absolute atomic E-state index is 11.6. The summed E-state index contributed by atoms with van der Waals surface area (Å²) < 4.78 is 0. The predicted molar refractivity (Wildman–Crippen MR) is 70.7 cm³/mol. The van der Waals surface area contributed by atoms with E-state index in [1.807, 2.05) is 26.0 Å². The zero-order chi connectivity index (χ0) is 12.8. The molecule has 1 heterocycles. The molecule has 1 aromatic rings. The van der Waals surface area contributed by atoms with Crippen LogP contribution in [0.2, 0.25) is 10.0 Å². The van der Waals surface area contributed by atoms with Gasteiger partial charge >= 0.3 is 0 Å². The van der Waals surface area contributed by atoms with Crippen LogP contribution in [0.4, 0.5) is 0 Å². The highest BCUT2D eigenvalue weighted by Gasteiger charge is 2.50. The minimum Gasteiger partial charge on any atom is -0.350 e. The van der Waals surface area contributed by atoms with Crippen LogP contribution in [-0.2, 0) is 10.2 Å². The van der Waals surface area contributed by atoms with Gasteiger partial charge in [-0.1, -0.05) is 36.2 Å². The molecule has 92 valence electrons. The van der Waals surface area contributed by atoms with E-state index in [1.54, 1.807) is 6.07 Å². The number of amides is 1. The highest BCUT2D eigenvalue weighted by molar-refractivity contribution is 6.35. The van der Waals surface area contributed by atoms with Gasteiger partial charge in [-0.05, 0) is 31.5 Å². The Bertz CT molecular complexity index is 484. The molecule has 17 heavy (non-hydrogen) atoms. The van der Waals surface area contributed by atoms with Gasteiger partial charge in [-0.2, -0.15) is 0 Å². The fraction of sp³-hybridized carbons (Fsp3) is 0.462. The van der Waals surface area contributed by atoms with Crippen LogP contribution in [0.15, 0.2) is 18.2 Å². The molecule has 1 atom stereocenters. The van der Waals surface area contributed by atoms with Crippen LogP contribution >= 0.6 is 23.2 Å². The van der Waals surface area contributed by atoms with E-state index in [-0.39, 0.29) is 16.9 Å². The quantitative estimate of drug-likeness (QED) is 0.832. The minimum absolute atomic E-state index is 0.0588. The lowest BCUT2D eigenvalue weighted by molar-refractivity contribution is -0.119. The van der Waals surface area contributed by atoms with Crippen molar-refractivity contribution in [1.82, 2.24) is 5.32 Å². The number of halogens is 2. The maximum Gasteiger partial charge on any atom is 0.221 e. The first kappa shape index (κ1) is 12.7. The Balaban J connectivity index is 2.55. The van der Waals surface area contributed by atoms with Gasteiger partial charge in [0.2, 0.25) is 5.91 Å². The second kappa shape index (κ2) is 3.89. The van der Waals surface area contributed by atoms with Crippen molar-refractivity contribution in [3.05, 3.63) is 33.8 Å². The fourth-order valence-electron chi connectivity index (χ4n) is 2.44. The van der Waals surface area contributed by atoms with Crippen LogP contribution in [0.5, 0.6) is 0 Å². The van der Waals surface area contributed by atoms with E-state index < -0.39 is 0 Å². The number of hydrogen-bond acceptors (Lipinski definition) is 1. The molecule has 1 unspecified atom stereocenters. The summed E-state index contributed by atoms with van der Waals surface area (Å²) in [6.07, 6.45) is 0.446. The van der Waals surface area contributed by atoms with Gasteiger partial charge in [0, 0.05) is 27.4 Å². The first-order valence-electron chi connectivity index (χ1n) is 5.53. The monoisotopic (exact) mass is 271 g/mol. The first-order chi connectivity index (χ1) is 7.76. The lowest BCUT2D eigenvalue weighted by Gasteiger charge is -2.38. The van der Waals surface area contributed by atoms with E-state index in [0.29, 0.717) is 16.5 Å². The third-order valence-electron chi connectivity index (χ3n) is 3.87. The number of carbonyl (C=O) groups excluding carboxylic acids is 1. The lowest BCUT2D eigenvalue weighted by Crippen LogP contribution is -2.48. The van der Waals surface area contributed by atoms with Crippen LogP contribution in [0.1, 0.15) is 32.8 Å². The Kier molecular flexibility index (Phi) is 2.91. The standard InChI is InChI=1S/C13H15Cl2NO/c1-12(2)13(3,7-11(17)16-12)9-5-4-8(14)6-10(9)15/h4-6H,7H2,1-3H3,(H,16,17). The third-order valence-corrected chi connectivity index (χ3v) is 4.42. The molecular weight excluding hydrogens is 257 g/mol. The van der Waals surface area contributed by atoms with Crippen LogP contribution in [0.25, 0.3) is 0 Å². The molecular formula is C13H15Cl2NO. The summed E-state index contributed by atoms with van der Waals surface area (Å²) in [7, 11) is 0. The molecule has 2 rings (SSSR count). The first-order valence-corrected chi connectivity index (χ1v) is 6.28. The van der Waals surface area contributed by atoms with Gasteiger partial charge in [-0.25, -0.2) is 0 Å². The second-order valence-electron chi connectivity index (χ2n) is 5.31. The maximum atomic E-state index is 11.6. The minimum atomic E-state index is -0.318. The van der Waals surface area contributed by atoms with Crippen molar-refractivity contribution in [3.63, 3.8) is 0 Å². The molecule has 2 nitrogen and oxygen atoms in total. The van der Waals surface area contributed by atoms with E-state index in [9.17, 15) is 4.79 Å². The number of hydrogen-bond donors (Lipinski definition) is 1. The Morgan fingerprint density at radius 1 is 1.24 bits per heavy atom. The van der Waals surface area contributed by atoms with Crippen molar-refractivity contribution in [2.24, 2.45) is 0 Å².